The molecule has 0 amide bonds. The van der Waals surface area contributed by atoms with E-state index in [0.29, 0.717) is 18.6 Å². The molecular formula is C51H49OP. The van der Waals surface area contributed by atoms with Gasteiger partial charge in [0.15, 0.2) is 0 Å². The van der Waals surface area contributed by atoms with Crippen molar-refractivity contribution in [1.82, 2.24) is 0 Å². The molecule has 0 saturated carbocycles. The quantitative estimate of drug-likeness (QED) is 0.163. The lowest BCUT2D eigenvalue weighted by molar-refractivity contribution is -0.119. The third-order valence-electron chi connectivity index (χ3n) is 12.4. The van der Waals surface area contributed by atoms with Gasteiger partial charge in [-0.25, -0.2) is 0 Å². The number of hydrogen-bond acceptors (Lipinski definition) is 1. The molecule has 1 heterocycles. The highest BCUT2D eigenvalue weighted by Gasteiger charge is 2.43. The Morgan fingerprint density at radius 3 is 1.23 bits per heavy atom. The fourth-order valence-electron chi connectivity index (χ4n) is 9.31. The maximum Gasteiger partial charge on any atom is 0.134 e. The smallest absolute Gasteiger partial charge is 0.134 e. The third kappa shape index (κ3) is 5.95. The van der Waals surface area contributed by atoms with Crippen molar-refractivity contribution >= 4 is 40.6 Å². The summed E-state index contributed by atoms with van der Waals surface area (Å²) in [6.07, 6.45) is 1.09. The first-order chi connectivity index (χ1) is 25.5. The number of carbonyl (C=O) groups is 1. The van der Waals surface area contributed by atoms with Gasteiger partial charge >= 0.3 is 0 Å². The predicted molar refractivity (Wildman–Crippen MR) is 229 cm³/mol. The Morgan fingerprint density at radius 2 is 0.811 bits per heavy atom. The van der Waals surface area contributed by atoms with E-state index >= 15 is 0 Å². The van der Waals surface area contributed by atoms with Gasteiger partial charge in [-0.2, -0.15) is 0 Å². The number of ketones is 1. The number of benzene rings is 7. The van der Waals surface area contributed by atoms with E-state index < -0.39 is 7.92 Å². The average molecular weight is 709 g/mol. The summed E-state index contributed by atoms with van der Waals surface area (Å²) in [6, 6.07) is 42.9. The van der Waals surface area contributed by atoms with Crippen molar-refractivity contribution in [2.24, 2.45) is 0 Å². The monoisotopic (exact) mass is 708 g/mol. The van der Waals surface area contributed by atoms with Crippen LogP contribution in [0.3, 0.4) is 0 Å². The van der Waals surface area contributed by atoms with Crippen LogP contribution in [0.15, 0.2) is 115 Å². The van der Waals surface area contributed by atoms with Crippen LogP contribution in [0.1, 0.15) is 79.8 Å². The van der Waals surface area contributed by atoms with Crippen LogP contribution in [-0.2, 0) is 4.79 Å². The van der Waals surface area contributed by atoms with E-state index in [1.165, 1.54) is 105 Å². The molecule has 1 nitrogen and oxygen atoms in total. The predicted octanol–water partition coefficient (Wildman–Crippen LogP) is 13.7. The van der Waals surface area contributed by atoms with Crippen molar-refractivity contribution in [3.05, 3.63) is 171 Å². The maximum absolute atomic E-state index is 14.4. The van der Waals surface area contributed by atoms with Crippen LogP contribution in [0.2, 0.25) is 0 Å². The zero-order valence-corrected chi connectivity index (χ0v) is 33.3. The summed E-state index contributed by atoms with van der Waals surface area (Å²) in [7, 11) is -1.02. The molecule has 1 fully saturated rings. The first-order valence-electron chi connectivity index (χ1n) is 19.1. The lowest BCUT2D eigenvalue weighted by Crippen LogP contribution is -2.26. The van der Waals surface area contributed by atoms with Crippen molar-refractivity contribution in [2.45, 2.75) is 79.5 Å². The second-order valence-electron chi connectivity index (χ2n) is 15.5. The Hall–Kier alpha value is -4.84. The van der Waals surface area contributed by atoms with Gasteiger partial charge in [-0.3, -0.25) is 4.79 Å². The standard InChI is InChI=1S/C51H49OP/c1-30-26-31(2)35(6)49(34(30)5)45-24-15-25-46(50-36(7)32(3)27-33(4)37(50)8)51(45)53-47(43-22-13-18-38-16-9-11-20-41(38)43)28-40(52)29-48(53)44-23-14-19-39-17-10-12-21-42(39)44/h9-27,47-48H,28-29H2,1-8H3. The number of carbonyl (C=O) groups excluding carboxylic acids is 1. The Morgan fingerprint density at radius 1 is 0.453 bits per heavy atom. The van der Waals surface area contributed by atoms with Gasteiger partial charge in [0.2, 0.25) is 0 Å². The molecule has 7 aromatic rings. The summed E-state index contributed by atoms with van der Waals surface area (Å²) in [5.74, 6) is 0.358. The molecular weight excluding hydrogens is 660 g/mol. The van der Waals surface area contributed by atoms with Gasteiger partial charge in [-0.15, -0.1) is 0 Å². The molecule has 2 heteroatoms. The number of aryl methyl sites for hydroxylation is 4. The van der Waals surface area contributed by atoms with E-state index in [9.17, 15) is 4.79 Å². The van der Waals surface area contributed by atoms with E-state index in [1.807, 2.05) is 0 Å². The summed E-state index contributed by atoms with van der Waals surface area (Å²) < 4.78 is 0. The average Bonchev–Trinajstić information content (AvgIpc) is 3.16. The van der Waals surface area contributed by atoms with Crippen molar-refractivity contribution in [3.8, 4) is 22.3 Å². The van der Waals surface area contributed by atoms with Crippen molar-refractivity contribution in [1.29, 1.82) is 0 Å². The highest BCUT2D eigenvalue weighted by atomic mass is 31.1. The summed E-state index contributed by atoms with van der Waals surface area (Å²) >= 11 is 0. The minimum absolute atomic E-state index is 0.0410. The molecule has 8 rings (SSSR count). The largest absolute Gasteiger partial charge is 0.300 e. The van der Waals surface area contributed by atoms with Gasteiger partial charge in [-0.05, 0) is 160 Å². The minimum atomic E-state index is -1.02. The summed E-state index contributed by atoms with van der Waals surface area (Å²) in [5, 5.41) is 6.43. The lowest BCUT2D eigenvalue weighted by Gasteiger charge is -2.42. The summed E-state index contributed by atoms with van der Waals surface area (Å²) in [5.41, 5.74) is 18.7. The van der Waals surface area contributed by atoms with Crippen LogP contribution in [0.25, 0.3) is 43.8 Å². The molecule has 264 valence electrons. The molecule has 7 aromatic carbocycles. The van der Waals surface area contributed by atoms with Crippen LogP contribution in [0.4, 0.5) is 0 Å². The van der Waals surface area contributed by atoms with Gasteiger partial charge in [0.1, 0.15) is 5.78 Å². The minimum Gasteiger partial charge on any atom is -0.300 e. The number of rotatable bonds is 5. The molecule has 0 radical (unpaired) electrons. The molecule has 1 aliphatic heterocycles. The lowest BCUT2D eigenvalue weighted by atomic mass is 9.85. The Bertz CT molecular complexity index is 2350. The van der Waals surface area contributed by atoms with Crippen molar-refractivity contribution < 1.29 is 4.79 Å². The molecule has 0 spiro atoms. The molecule has 53 heavy (non-hydrogen) atoms. The highest BCUT2D eigenvalue weighted by Crippen LogP contribution is 2.69. The first kappa shape index (κ1) is 35.2. The van der Waals surface area contributed by atoms with Gasteiger partial charge in [0.05, 0.1) is 0 Å². The van der Waals surface area contributed by atoms with Crippen molar-refractivity contribution in [3.63, 3.8) is 0 Å². The van der Waals surface area contributed by atoms with E-state index in [1.54, 1.807) is 0 Å². The molecule has 2 atom stereocenters. The van der Waals surface area contributed by atoms with Gasteiger partial charge in [-0.1, -0.05) is 123 Å². The number of hydrogen-bond donors (Lipinski definition) is 0. The molecule has 0 aliphatic carbocycles. The molecule has 0 aromatic heterocycles. The van der Waals surface area contributed by atoms with Crippen LogP contribution in [-0.4, -0.2) is 5.78 Å². The van der Waals surface area contributed by atoms with E-state index in [0.717, 1.165) is 0 Å². The molecule has 0 bridgehead atoms. The van der Waals surface area contributed by atoms with E-state index in [-0.39, 0.29) is 11.3 Å². The Kier molecular flexibility index (Phi) is 9.20. The summed E-state index contributed by atoms with van der Waals surface area (Å²) in [4.78, 5) is 14.4. The van der Waals surface area contributed by atoms with Crippen LogP contribution in [0.5, 0.6) is 0 Å². The van der Waals surface area contributed by atoms with Crippen LogP contribution in [0, 0.1) is 55.4 Å². The topological polar surface area (TPSA) is 17.1 Å². The maximum atomic E-state index is 14.4. The highest BCUT2D eigenvalue weighted by molar-refractivity contribution is 7.67. The molecule has 1 saturated heterocycles. The zero-order valence-electron chi connectivity index (χ0n) is 32.4. The molecule has 0 N–H and O–H groups in total. The molecule has 1 aliphatic rings. The van der Waals surface area contributed by atoms with E-state index in [2.05, 4.69) is 171 Å². The van der Waals surface area contributed by atoms with Crippen molar-refractivity contribution in [2.75, 3.05) is 0 Å². The zero-order chi connectivity index (χ0) is 37.1. The summed E-state index contributed by atoms with van der Waals surface area (Å²) in [6.45, 7) is 18.3. The fourth-order valence-corrected chi connectivity index (χ4v) is 13.1. The van der Waals surface area contributed by atoms with E-state index in [4.69, 9.17) is 0 Å². The molecule has 2 unspecified atom stereocenters. The van der Waals surface area contributed by atoms with Gasteiger partial charge < -0.3 is 0 Å². The Balaban J connectivity index is 1.56. The second-order valence-corrected chi connectivity index (χ2v) is 18.0. The van der Waals surface area contributed by atoms with Gasteiger partial charge in [0, 0.05) is 24.2 Å². The second kappa shape index (κ2) is 13.9. The number of Topliss-reactive ketones (excluding diaryl/α,β-unsaturated/α-hetero) is 1. The first-order valence-corrected chi connectivity index (χ1v) is 20.6. The fraction of sp³-hybridized carbons (Fsp3) is 0.235. The Labute approximate surface area is 316 Å². The van der Waals surface area contributed by atoms with Crippen LogP contribution >= 0.6 is 7.92 Å². The SMILES string of the molecule is Cc1cc(C)c(C)c(-c2cccc(-c3c(C)c(C)cc(C)c3C)c2P2C(c3cccc4ccccc34)CC(=O)CC2c2cccc3ccccc23)c1C. The number of fused-ring (bicyclic) bond motifs is 2. The van der Waals surface area contributed by atoms with Crippen LogP contribution < -0.4 is 5.30 Å². The third-order valence-corrected chi connectivity index (χ3v) is 15.7. The normalized spacial score (nSPS) is 17.5. The van der Waals surface area contributed by atoms with Gasteiger partial charge in [0.25, 0.3) is 0 Å².